The third-order valence-corrected chi connectivity index (χ3v) is 10.6. The molecule has 0 spiro atoms. The highest BCUT2D eigenvalue weighted by atomic mass is 16.3. The van der Waals surface area contributed by atoms with Gasteiger partial charge in [0.05, 0.1) is 6.10 Å². The van der Waals surface area contributed by atoms with Crippen molar-refractivity contribution in [2.75, 3.05) is 0 Å². The van der Waals surface area contributed by atoms with Crippen LogP contribution in [0, 0.1) is 40.4 Å². The van der Waals surface area contributed by atoms with E-state index in [2.05, 4.69) is 33.8 Å². The Morgan fingerprint density at radius 2 is 1.83 bits per heavy atom. The molecule has 0 aromatic carbocycles. The first-order chi connectivity index (χ1) is 13.9. The predicted molar refractivity (Wildman–Crippen MR) is 124 cm³/mol. The van der Waals surface area contributed by atoms with E-state index >= 15 is 0 Å². The van der Waals surface area contributed by atoms with Crippen molar-refractivity contribution in [1.29, 1.82) is 0 Å². The van der Waals surface area contributed by atoms with Gasteiger partial charge in [-0.3, -0.25) is 0 Å². The van der Waals surface area contributed by atoms with Crippen LogP contribution in [0.15, 0.2) is 11.6 Å². The van der Waals surface area contributed by atoms with Crippen LogP contribution in [-0.4, -0.2) is 11.2 Å². The lowest BCUT2D eigenvalue weighted by Crippen LogP contribution is -2.50. The van der Waals surface area contributed by atoms with Crippen LogP contribution in [-0.2, 0) is 0 Å². The maximum absolute atomic E-state index is 10.2. The quantitative estimate of drug-likeness (QED) is 0.430. The van der Waals surface area contributed by atoms with Crippen LogP contribution in [0.1, 0.15) is 118 Å². The summed E-state index contributed by atoms with van der Waals surface area (Å²) < 4.78 is 0. The molecule has 1 heteroatoms. The van der Waals surface area contributed by atoms with E-state index < -0.39 is 0 Å². The lowest BCUT2D eigenvalue weighted by atomic mass is 9.47. The average molecular weight is 401 g/mol. The summed E-state index contributed by atoms with van der Waals surface area (Å²) in [5.41, 5.74) is 2.64. The van der Waals surface area contributed by atoms with E-state index in [9.17, 15) is 5.11 Å². The standard InChI is InChI=1S/C28H48O/c1-5-6-8-20(2)9-7-10-21-12-14-25-24-13-11-22-19-23(29)15-17-28(22,4)26(24)16-18-27(21,25)3/h11,20-21,23-26,29H,5-10,12-19H2,1-4H3/t20?,21-,23?,24-,25?,26?,27?,28-/m0/s1. The number of aliphatic hydroxyl groups excluding tert-OH is 1. The van der Waals surface area contributed by atoms with Gasteiger partial charge in [-0.15, -0.1) is 0 Å². The summed E-state index contributed by atoms with van der Waals surface area (Å²) in [6.07, 6.45) is 21.6. The van der Waals surface area contributed by atoms with E-state index in [0.717, 1.165) is 42.4 Å². The van der Waals surface area contributed by atoms with Crippen molar-refractivity contribution in [2.24, 2.45) is 40.4 Å². The van der Waals surface area contributed by atoms with Gasteiger partial charge in [0.1, 0.15) is 0 Å². The molecule has 4 rings (SSSR count). The fourth-order valence-electron chi connectivity index (χ4n) is 8.63. The van der Waals surface area contributed by atoms with Gasteiger partial charge in [0.2, 0.25) is 0 Å². The van der Waals surface area contributed by atoms with Gasteiger partial charge in [0.25, 0.3) is 0 Å². The molecule has 0 heterocycles. The summed E-state index contributed by atoms with van der Waals surface area (Å²) in [4.78, 5) is 0. The number of rotatable bonds is 7. The zero-order chi connectivity index (χ0) is 20.6. The van der Waals surface area contributed by atoms with Crippen molar-refractivity contribution in [3.05, 3.63) is 11.6 Å². The number of allylic oxidation sites excluding steroid dienone is 1. The maximum Gasteiger partial charge on any atom is 0.0577 e. The van der Waals surface area contributed by atoms with Crippen molar-refractivity contribution in [2.45, 2.75) is 124 Å². The summed E-state index contributed by atoms with van der Waals surface area (Å²) in [5, 5.41) is 10.2. The second-order valence-corrected chi connectivity index (χ2v) is 12.2. The van der Waals surface area contributed by atoms with Gasteiger partial charge in [-0.2, -0.15) is 0 Å². The third-order valence-electron chi connectivity index (χ3n) is 10.6. The fourth-order valence-corrected chi connectivity index (χ4v) is 8.63. The van der Waals surface area contributed by atoms with Crippen molar-refractivity contribution in [1.82, 2.24) is 0 Å². The molecule has 0 saturated heterocycles. The second kappa shape index (κ2) is 8.68. The number of hydrogen-bond acceptors (Lipinski definition) is 1. The smallest absolute Gasteiger partial charge is 0.0577 e. The minimum Gasteiger partial charge on any atom is -0.393 e. The minimum absolute atomic E-state index is 0.0738. The van der Waals surface area contributed by atoms with Crippen LogP contribution in [0.3, 0.4) is 0 Å². The second-order valence-electron chi connectivity index (χ2n) is 12.2. The van der Waals surface area contributed by atoms with Crippen molar-refractivity contribution in [3.63, 3.8) is 0 Å². The monoisotopic (exact) mass is 400 g/mol. The Morgan fingerprint density at radius 3 is 2.62 bits per heavy atom. The molecule has 4 aliphatic rings. The molecule has 29 heavy (non-hydrogen) atoms. The van der Waals surface area contributed by atoms with E-state index in [1.165, 1.54) is 77.0 Å². The van der Waals surface area contributed by atoms with Gasteiger partial charge < -0.3 is 5.11 Å². The Kier molecular flexibility index (Phi) is 6.56. The predicted octanol–water partition coefficient (Wildman–Crippen LogP) is 7.92. The molecule has 0 aromatic heterocycles. The molecule has 1 N–H and O–H groups in total. The Hall–Kier alpha value is -0.300. The molecule has 5 unspecified atom stereocenters. The van der Waals surface area contributed by atoms with E-state index in [1.54, 1.807) is 5.57 Å². The first-order valence-electron chi connectivity index (χ1n) is 13.3. The largest absolute Gasteiger partial charge is 0.393 e. The molecule has 0 aliphatic heterocycles. The highest BCUT2D eigenvalue weighted by molar-refractivity contribution is 5.25. The first-order valence-corrected chi connectivity index (χ1v) is 13.3. The highest BCUT2D eigenvalue weighted by Crippen LogP contribution is 2.66. The molecular weight excluding hydrogens is 352 g/mol. The lowest BCUT2D eigenvalue weighted by Gasteiger charge is -2.58. The van der Waals surface area contributed by atoms with Crippen LogP contribution >= 0.6 is 0 Å². The molecule has 1 nitrogen and oxygen atoms in total. The van der Waals surface area contributed by atoms with Crippen LogP contribution in [0.2, 0.25) is 0 Å². The zero-order valence-corrected chi connectivity index (χ0v) is 19.9. The number of unbranched alkanes of at least 4 members (excludes halogenated alkanes) is 1. The van der Waals surface area contributed by atoms with Gasteiger partial charge in [0.15, 0.2) is 0 Å². The van der Waals surface area contributed by atoms with Crippen LogP contribution in [0.4, 0.5) is 0 Å². The van der Waals surface area contributed by atoms with E-state index in [-0.39, 0.29) is 6.10 Å². The van der Waals surface area contributed by atoms with Gasteiger partial charge in [-0.1, -0.05) is 71.4 Å². The summed E-state index contributed by atoms with van der Waals surface area (Å²) in [6, 6.07) is 0. The maximum atomic E-state index is 10.2. The topological polar surface area (TPSA) is 20.2 Å². The average Bonchev–Trinajstić information content (AvgIpc) is 3.03. The normalized spacial score (nSPS) is 45.1. The van der Waals surface area contributed by atoms with E-state index in [1.807, 2.05) is 0 Å². The van der Waals surface area contributed by atoms with Crippen molar-refractivity contribution >= 4 is 0 Å². The molecule has 3 saturated carbocycles. The molecular formula is C28H48O. The van der Waals surface area contributed by atoms with E-state index in [4.69, 9.17) is 0 Å². The molecule has 4 aliphatic carbocycles. The molecule has 166 valence electrons. The number of aliphatic hydroxyl groups is 1. The fraction of sp³-hybridized carbons (Fsp3) is 0.929. The molecule has 0 radical (unpaired) electrons. The van der Waals surface area contributed by atoms with Crippen molar-refractivity contribution < 1.29 is 5.11 Å². The highest BCUT2D eigenvalue weighted by Gasteiger charge is 2.58. The van der Waals surface area contributed by atoms with Gasteiger partial charge in [-0.05, 0) is 98.2 Å². The van der Waals surface area contributed by atoms with Crippen LogP contribution in [0.5, 0.6) is 0 Å². The Balaban J connectivity index is 1.40. The molecule has 0 bridgehead atoms. The first kappa shape index (κ1) is 21.9. The van der Waals surface area contributed by atoms with E-state index in [0.29, 0.717) is 10.8 Å². The molecule has 0 aromatic rings. The van der Waals surface area contributed by atoms with Gasteiger partial charge in [-0.25, -0.2) is 0 Å². The molecule has 8 atom stereocenters. The Labute approximate surface area is 181 Å². The van der Waals surface area contributed by atoms with Gasteiger partial charge in [0, 0.05) is 0 Å². The minimum atomic E-state index is -0.0738. The number of fused-ring (bicyclic) bond motifs is 5. The van der Waals surface area contributed by atoms with Crippen LogP contribution in [0.25, 0.3) is 0 Å². The van der Waals surface area contributed by atoms with Crippen LogP contribution < -0.4 is 0 Å². The summed E-state index contributed by atoms with van der Waals surface area (Å²) >= 11 is 0. The summed E-state index contributed by atoms with van der Waals surface area (Å²) in [6.45, 7) is 10.1. The number of hydrogen-bond donors (Lipinski definition) is 1. The van der Waals surface area contributed by atoms with Gasteiger partial charge >= 0.3 is 0 Å². The van der Waals surface area contributed by atoms with Crippen molar-refractivity contribution in [3.8, 4) is 0 Å². The summed E-state index contributed by atoms with van der Waals surface area (Å²) in [7, 11) is 0. The molecule has 3 fully saturated rings. The Bertz CT molecular complexity index is 593. The summed E-state index contributed by atoms with van der Waals surface area (Å²) in [5.74, 6) is 4.69. The molecule has 0 amide bonds. The lowest BCUT2D eigenvalue weighted by molar-refractivity contribution is -0.0509. The Morgan fingerprint density at radius 1 is 1.03 bits per heavy atom. The SMILES string of the molecule is CCCCC(C)CCC[C@H]1CCC2[C@@H]3CC=C4CC(O)CC[C@]4(C)C3CCC21C. The zero-order valence-electron chi connectivity index (χ0n) is 19.9. The third kappa shape index (κ3) is 3.99.